The number of fused-ring (bicyclic) bond motifs is 2. The van der Waals surface area contributed by atoms with Gasteiger partial charge in [0.1, 0.15) is 5.69 Å². The van der Waals surface area contributed by atoms with Crippen molar-refractivity contribution in [3.63, 3.8) is 0 Å². The molecule has 0 saturated heterocycles. The molecule has 1 aromatic carbocycles. The lowest BCUT2D eigenvalue weighted by molar-refractivity contribution is -0.700. The molecule has 0 spiro atoms. The van der Waals surface area contributed by atoms with Crippen LogP contribution < -0.4 is 15.7 Å². The maximum Gasteiger partial charge on any atom is 0.323 e. The number of para-hydroxylation sites is 1. The van der Waals surface area contributed by atoms with Crippen LogP contribution in [0.5, 0.6) is 0 Å². The molecule has 1 N–H and O–H groups in total. The minimum Gasteiger partial charge on any atom is -0.596 e. The summed E-state index contributed by atoms with van der Waals surface area (Å²) in [5.41, 5.74) is -0.435. The van der Waals surface area contributed by atoms with Crippen molar-refractivity contribution in [2.24, 2.45) is 0 Å². The van der Waals surface area contributed by atoms with Gasteiger partial charge in [0.25, 0.3) is 0 Å². The Hall–Kier alpha value is -2.39. The number of hydrogen-bond donors (Lipinski definition) is 1. The number of aromatic nitrogens is 2. The average Bonchev–Trinajstić information content (AvgIpc) is 2.49. The van der Waals surface area contributed by atoms with Crippen LogP contribution in [0.2, 0.25) is 0 Å². The Morgan fingerprint density at radius 1 is 1.25 bits per heavy atom. The number of hydrogen-bond acceptors (Lipinski definition) is 6. The van der Waals surface area contributed by atoms with E-state index in [1.165, 1.54) is 6.07 Å². The molecule has 8 nitrogen and oxygen atoms in total. The summed E-state index contributed by atoms with van der Waals surface area (Å²) in [6, 6.07) is 6.30. The van der Waals surface area contributed by atoms with Crippen LogP contribution in [0.3, 0.4) is 0 Å². The third kappa shape index (κ3) is 2.65. The van der Waals surface area contributed by atoms with Gasteiger partial charge in [0.05, 0.1) is 17.1 Å². The Balaban J connectivity index is 2.11. The first-order valence-corrected chi connectivity index (χ1v) is 8.94. The fourth-order valence-electron chi connectivity index (χ4n) is 2.71. The van der Waals surface area contributed by atoms with Gasteiger partial charge in [0.2, 0.25) is 16.0 Å². The molecule has 0 unspecified atom stereocenters. The molecule has 0 atom stereocenters. The molecule has 1 aromatic heterocycles. The lowest BCUT2D eigenvalue weighted by Gasteiger charge is -2.21. The van der Waals surface area contributed by atoms with Gasteiger partial charge in [-0.15, -0.1) is 4.68 Å². The molecule has 0 aliphatic carbocycles. The third-order valence-corrected chi connectivity index (χ3v) is 5.71. The average molecular weight is 350 g/mol. The van der Waals surface area contributed by atoms with Crippen LogP contribution in [0, 0.1) is 5.21 Å². The van der Waals surface area contributed by atoms with Crippen molar-refractivity contribution in [2.45, 2.75) is 22.8 Å². The maximum absolute atomic E-state index is 12.8. The van der Waals surface area contributed by atoms with Gasteiger partial charge >= 0.3 is 5.56 Å². The molecule has 1 aliphatic rings. The molecular weight excluding hydrogens is 332 g/mol. The molecule has 24 heavy (non-hydrogen) atoms. The SMILES string of the molecule is CN(C)CCCn1c(=O)c2c(c[n+]1[O-])Nc1ccccc1S2(=O)=O. The van der Waals surface area contributed by atoms with Gasteiger partial charge in [-0.2, -0.15) is 0 Å². The standard InChI is InChI=1S/C15H18N4O4S/c1-17(2)8-5-9-18-15(20)14-12(10-19(18)21)16-11-6-3-4-7-13(11)24(14,22)23/h3-4,6-7,10,16H,5,8-9H2,1-2H3. The summed E-state index contributed by atoms with van der Waals surface area (Å²) < 4.78 is 26.5. The van der Waals surface area contributed by atoms with Crippen molar-refractivity contribution in [3.8, 4) is 0 Å². The predicted octanol–water partition coefficient (Wildman–Crippen LogP) is 0.323. The maximum atomic E-state index is 12.8. The first-order valence-electron chi connectivity index (χ1n) is 7.45. The molecule has 3 rings (SSSR count). The smallest absolute Gasteiger partial charge is 0.323 e. The highest BCUT2D eigenvalue weighted by molar-refractivity contribution is 7.92. The summed E-state index contributed by atoms with van der Waals surface area (Å²) in [6.45, 7) is 0.822. The Bertz CT molecular complexity index is 950. The molecular formula is C15H18N4O4S. The second-order valence-electron chi connectivity index (χ2n) is 5.88. The van der Waals surface area contributed by atoms with Crippen molar-refractivity contribution in [1.82, 2.24) is 9.58 Å². The van der Waals surface area contributed by atoms with E-state index in [9.17, 15) is 18.4 Å². The summed E-state index contributed by atoms with van der Waals surface area (Å²) in [7, 11) is -0.209. The first-order chi connectivity index (χ1) is 11.3. The summed E-state index contributed by atoms with van der Waals surface area (Å²) in [5.74, 6) is 0. The number of anilines is 2. The van der Waals surface area contributed by atoms with Crippen LogP contribution in [0.4, 0.5) is 11.4 Å². The number of nitrogens with zero attached hydrogens (tertiary/aromatic N) is 3. The second kappa shape index (κ2) is 5.91. The van der Waals surface area contributed by atoms with Gasteiger partial charge < -0.3 is 15.4 Å². The highest BCUT2D eigenvalue weighted by Crippen LogP contribution is 2.36. The predicted molar refractivity (Wildman–Crippen MR) is 88.0 cm³/mol. The van der Waals surface area contributed by atoms with Crippen LogP contribution in [-0.4, -0.2) is 38.6 Å². The lowest BCUT2D eigenvalue weighted by Crippen LogP contribution is -2.50. The molecule has 0 fully saturated rings. The van der Waals surface area contributed by atoms with Crippen molar-refractivity contribution >= 4 is 21.2 Å². The van der Waals surface area contributed by atoms with Crippen molar-refractivity contribution in [3.05, 3.63) is 46.0 Å². The molecule has 9 heteroatoms. The van der Waals surface area contributed by atoms with Gasteiger partial charge in [-0.25, -0.2) is 8.42 Å². The van der Waals surface area contributed by atoms with E-state index < -0.39 is 15.4 Å². The molecule has 0 amide bonds. The van der Waals surface area contributed by atoms with Gasteiger partial charge in [-0.1, -0.05) is 17.0 Å². The summed E-state index contributed by atoms with van der Waals surface area (Å²) in [6.07, 6.45) is 1.65. The monoisotopic (exact) mass is 350 g/mol. The minimum atomic E-state index is -3.97. The Labute approximate surface area is 139 Å². The zero-order chi connectivity index (χ0) is 17.5. The highest BCUT2D eigenvalue weighted by atomic mass is 32.2. The van der Waals surface area contributed by atoms with E-state index in [1.807, 2.05) is 19.0 Å². The van der Waals surface area contributed by atoms with Crippen LogP contribution >= 0.6 is 0 Å². The van der Waals surface area contributed by atoms with Gasteiger partial charge in [-0.05, 0) is 39.2 Å². The molecule has 1 aliphatic heterocycles. The molecule has 2 heterocycles. The summed E-state index contributed by atoms with van der Waals surface area (Å²) in [4.78, 5) is 14.6. The number of benzene rings is 1. The molecule has 0 bridgehead atoms. The molecule has 128 valence electrons. The number of sulfone groups is 1. The quantitative estimate of drug-likeness (QED) is 0.538. The minimum absolute atomic E-state index is 0.0116. The Morgan fingerprint density at radius 3 is 2.67 bits per heavy atom. The second-order valence-corrected chi connectivity index (χ2v) is 7.74. The van der Waals surface area contributed by atoms with E-state index in [2.05, 4.69) is 5.32 Å². The van der Waals surface area contributed by atoms with E-state index in [4.69, 9.17) is 0 Å². The van der Waals surface area contributed by atoms with Crippen LogP contribution in [0.25, 0.3) is 0 Å². The fourth-order valence-corrected chi connectivity index (χ4v) is 4.32. The van der Waals surface area contributed by atoms with Crippen molar-refractivity contribution in [2.75, 3.05) is 26.0 Å². The largest absolute Gasteiger partial charge is 0.596 e. The van der Waals surface area contributed by atoms with Crippen molar-refractivity contribution < 1.29 is 13.3 Å². The number of rotatable bonds is 4. The number of nitrogens with one attached hydrogen (secondary N) is 1. The zero-order valence-corrected chi connectivity index (χ0v) is 14.2. The Kier molecular flexibility index (Phi) is 4.06. The van der Waals surface area contributed by atoms with Gasteiger partial charge in [0, 0.05) is 0 Å². The fraction of sp³-hybridized carbons (Fsp3) is 0.333. The Morgan fingerprint density at radius 2 is 1.96 bits per heavy atom. The van der Waals surface area contributed by atoms with Crippen LogP contribution in [0.15, 0.2) is 45.0 Å². The molecule has 0 radical (unpaired) electrons. The topological polar surface area (TPSA) is 98.3 Å². The molecule has 0 saturated carbocycles. The zero-order valence-electron chi connectivity index (χ0n) is 13.4. The highest BCUT2D eigenvalue weighted by Gasteiger charge is 2.35. The van der Waals surface area contributed by atoms with Crippen LogP contribution in [0.1, 0.15) is 6.42 Å². The first kappa shape index (κ1) is 16.5. The summed E-state index contributed by atoms with van der Waals surface area (Å²) in [5, 5.41) is 15.0. The lowest BCUT2D eigenvalue weighted by atomic mass is 10.3. The van der Waals surface area contributed by atoms with Crippen molar-refractivity contribution in [1.29, 1.82) is 0 Å². The van der Waals surface area contributed by atoms with E-state index in [0.29, 0.717) is 23.5 Å². The normalized spacial score (nSPS) is 14.8. The van der Waals surface area contributed by atoms with E-state index >= 15 is 0 Å². The van der Waals surface area contributed by atoms with E-state index in [-0.39, 0.29) is 22.0 Å². The molecule has 2 aromatic rings. The third-order valence-electron chi connectivity index (χ3n) is 3.84. The summed E-state index contributed by atoms with van der Waals surface area (Å²) >= 11 is 0. The van der Waals surface area contributed by atoms with E-state index in [1.54, 1.807) is 18.2 Å². The van der Waals surface area contributed by atoms with Gasteiger partial charge in [0.15, 0.2) is 4.90 Å². The van der Waals surface area contributed by atoms with Crippen LogP contribution in [-0.2, 0) is 16.4 Å². The van der Waals surface area contributed by atoms with E-state index in [0.717, 1.165) is 10.9 Å². The van der Waals surface area contributed by atoms with Gasteiger partial charge in [-0.3, -0.25) is 4.79 Å².